The molecule has 4 rings (SSSR count). The maximum absolute atomic E-state index is 11.2. The lowest BCUT2D eigenvalue weighted by atomic mass is 10.0. The molecule has 0 spiro atoms. The van der Waals surface area contributed by atoms with Gasteiger partial charge in [0.15, 0.2) is 0 Å². The number of hydrogen-bond acceptors (Lipinski definition) is 4. The molecule has 0 bridgehead atoms. The van der Waals surface area contributed by atoms with Crippen LogP contribution in [0.3, 0.4) is 0 Å². The fourth-order valence-electron chi connectivity index (χ4n) is 4.36. The van der Waals surface area contributed by atoms with Gasteiger partial charge in [0.05, 0.1) is 0 Å². The van der Waals surface area contributed by atoms with Gasteiger partial charge in [0, 0.05) is 50.5 Å². The van der Waals surface area contributed by atoms with E-state index in [9.17, 15) is 4.79 Å². The molecule has 2 aromatic carbocycles. The van der Waals surface area contributed by atoms with Crippen molar-refractivity contribution >= 4 is 23.4 Å². The maximum Gasteiger partial charge on any atom is 0.217 e. The third kappa shape index (κ3) is 5.42. The number of nitrogens with zero attached hydrogens (tertiary/aromatic N) is 1. The minimum atomic E-state index is 0.00830. The normalized spacial score (nSPS) is 18.7. The Morgan fingerprint density at radius 2 is 2.07 bits per heavy atom. The number of amides is 1. The molecule has 2 heterocycles. The average Bonchev–Trinajstić information content (AvgIpc) is 2.72. The van der Waals surface area contributed by atoms with E-state index in [-0.39, 0.29) is 5.91 Å². The number of benzene rings is 2. The van der Waals surface area contributed by atoms with Crippen LogP contribution in [0.5, 0.6) is 0 Å². The number of likely N-dealkylation sites (tertiary alicyclic amines) is 1. The molecule has 1 unspecified atom stereocenters. The molecule has 5 heteroatoms. The zero-order valence-corrected chi connectivity index (χ0v) is 18.0. The first-order valence-corrected chi connectivity index (χ1v) is 10.9. The average molecular weight is 405 g/mol. The van der Waals surface area contributed by atoms with Crippen molar-refractivity contribution in [3.63, 3.8) is 0 Å². The third-order valence-corrected chi connectivity index (χ3v) is 5.83. The van der Waals surface area contributed by atoms with E-state index in [0.29, 0.717) is 12.6 Å². The van der Waals surface area contributed by atoms with Crippen molar-refractivity contribution in [3.8, 4) is 0 Å². The molecule has 2 aliphatic heterocycles. The van der Waals surface area contributed by atoms with E-state index >= 15 is 0 Å². The Labute approximate surface area is 179 Å². The summed E-state index contributed by atoms with van der Waals surface area (Å²) in [4.78, 5) is 13.7. The van der Waals surface area contributed by atoms with Crippen molar-refractivity contribution in [2.75, 3.05) is 30.3 Å². The highest BCUT2D eigenvalue weighted by Gasteiger charge is 2.20. The van der Waals surface area contributed by atoms with Gasteiger partial charge in [0.25, 0.3) is 0 Å². The summed E-state index contributed by atoms with van der Waals surface area (Å²) in [6.45, 7) is 8.37. The minimum absolute atomic E-state index is 0.00830. The summed E-state index contributed by atoms with van der Waals surface area (Å²) < 4.78 is 0. The number of piperidine rings is 1. The zero-order valence-electron chi connectivity index (χ0n) is 18.0. The summed E-state index contributed by atoms with van der Waals surface area (Å²) in [5.41, 5.74) is 7.51. The van der Waals surface area contributed by atoms with Gasteiger partial charge < -0.3 is 16.0 Å². The van der Waals surface area contributed by atoms with E-state index in [0.717, 1.165) is 31.7 Å². The summed E-state index contributed by atoms with van der Waals surface area (Å²) >= 11 is 0. The first-order valence-electron chi connectivity index (χ1n) is 10.9. The van der Waals surface area contributed by atoms with Crippen LogP contribution in [-0.4, -0.2) is 36.5 Å². The molecule has 5 nitrogen and oxygen atoms in total. The van der Waals surface area contributed by atoms with E-state index in [2.05, 4.69) is 76.3 Å². The van der Waals surface area contributed by atoms with Gasteiger partial charge in [-0.25, -0.2) is 0 Å². The fraction of sp³-hybridized carbons (Fsp3) is 0.400. The third-order valence-electron chi connectivity index (χ3n) is 5.83. The van der Waals surface area contributed by atoms with Crippen LogP contribution in [0.25, 0.3) is 6.08 Å². The Kier molecular flexibility index (Phi) is 6.38. The highest BCUT2D eigenvalue weighted by molar-refractivity contribution is 5.75. The molecule has 3 N–H and O–H groups in total. The lowest BCUT2D eigenvalue weighted by molar-refractivity contribution is -0.119. The van der Waals surface area contributed by atoms with Gasteiger partial charge >= 0.3 is 0 Å². The molecule has 30 heavy (non-hydrogen) atoms. The van der Waals surface area contributed by atoms with Crippen LogP contribution in [0, 0.1) is 0 Å². The molecule has 158 valence electrons. The van der Waals surface area contributed by atoms with Crippen LogP contribution >= 0.6 is 0 Å². The maximum atomic E-state index is 11.2. The number of nitrogens with one attached hydrogen (secondary N) is 3. The monoisotopic (exact) mass is 404 g/mol. The highest BCUT2D eigenvalue weighted by atomic mass is 16.1. The van der Waals surface area contributed by atoms with Gasteiger partial charge in [0.2, 0.25) is 5.91 Å². The lowest BCUT2D eigenvalue weighted by Crippen LogP contribution is -2.41. The van der Waals surface area contributed by atoms with Gasteiger partial charge in [0.1, 0.15) is 0 Å². The van der Waals surface area contributed by atoms with E-state index in [1.54, 1.807) is 6.92 Å². The van der Waals surface area contributed by atoms with E-state index < -0.39 is 0 Å². The van der Waals surface area contributed by atoms with E-state index in [4.69, 9.17) is 0 Å². The second-order valence-corrected chi connectivity index (χ2v) is 8.59. The Morgan fingerprint density at radius 1 is 1.20 bits per heavy atom. The zero-order chi connectivity index (χ0) is 20.9. The fourth-order valence-corrected chi connectivity index (χ4v) is 4.36. The summed E-state index contributed by atoms with van der Waals surface area (Å²) in [6.07, 6.45) is 4.68. The molecule has 2 aliphatic rings. The van der Waals surface area contributed by atoms with Crippen LogP contribution in [-0.2, 0) is 17.9 Å². The number of anilines is 2. The molecular weight excluding hydrogens is 372 g/mol. The summed E-state index contributed by atoms with van der Waals surface area (Å²) in [6, 6.07) is 15.6. The Morgan fingerprint density at radius 3 is 2.93 bits per heavy atom. The second kappa shape index (κ2) is 9.35. The van der Waals surface area contributed by atoms with Crippen LogP contribution in [0.2, 0.25) is 0 Å². The minimum Gasteiger partial charge on any atom is -0.381 e. The van der Waals surface area contributed by atoms with E-state index in [1.807, 2.05) is 0 Å². The number of fused-ring (bicyclic) bond motifs is 1. The molecule has 1 amide bonds. The topological polar surface area (TPSA) is 56.4 Å². The number of rotatable bonds is 6. The van der Waals surface area contributed by atoms with Gasteiger partial charge in [-0.05, 0) is 61.2 Å². The highest BCUT2D eigenvalue weighted by Crippen LogP contribution is 2.27. The smallest absolute Gasteiger partial charge is 0.217 e. The first-order chi connectivity index (χ1) is 14.5. The predicted octanol–water partition coefficient (Wildman–Crippen LogP) is 4.23. The van der Waals surface area contributed by atoms with Crippen molar-refractivity contribution in [2.24, 2.45) is 0 Å². The van der Waals surface area contributed by atoms with E-state index in [1.165, 1.54) is 40.9 Å². The van der Waals surface area contributed by atoms with Gasteiger partial charge in [-0.1, -0.05) is 35.9 Å². The van der Waals surface area contributed by atoms with Gasteiger partial charge in [-0.2, -0.15) is 0 Å². The lowest BCUT2D eigenvalue weighted by Gasteiger charge is -2.34. The van der Waals surface area contributed by atoms with Gasteiger partial charge in [-0.15, -0.1) is 0 Å². The van der Waals surface area contributed by atoms with Crippen molar-refractivity contribution in [1.29, 1.82) is 0 Å². The molecule has 1 fully saturated rings. The number of hydrogen-bond donors (Lipinski definition) is 3. The number of carbonyl (C=O) groups excluding carboxylic acids is 1. The predicted molar refractivity (Wildman–Crippen MR) is 124 cm³/mol. The van der Waals surface area contributed by atoms with Crippen molar-refractivity contribution in [2.45, 2.75) is 45.8 Å². The second-order valence-electron chi connectivity index (χ2n) is 8.59. The Hall–Kier alpha value is -2.79. The van der Waals surface area contributed by atoms with Crippen LogP contribution in [0.4, 0.5) is 11.4 Å². The van der Waals surface area contributed by atoms with Crippen molar-refractivity contribution in [1.82, 2.24) is 10.2 Å². The first kappa shape index (κ1) is 20.5. The standard InChI is InChI=1S/C25H32N4O/c1-18-11-22-13-23(8-9-25(22)27-14-18)28-24-7-4-10-29(17-24)16-21-6-3-5-20(12-21)15-26-19(2)30/h3,5-6,8-9,11-13,24,27-28H,4,7,10,14-17H2,1-2H3,(H,26,30). The number of carbonyl (C=O) groups is 1. The molecular formula is C25H32N4O. The molecule has 0 saturated carbocycles. The molecule has 1 atom stereocenters. The molecule has 0 aliphatic carbocycles. The summed E-state index contributed by atoms with van der Waals surface area (Å²) in [5.74, 6) is 0.00830. The SMILES string of the molecule is CC(=O)NCc1cccc(CN2CCCC(Nc3ccc4c(c3)C=C(C)CN4)C2)c1. The molecule has 0 aromatic heterocycles. The molecule has 0 radical (unpaired) electrons. The molecule has 2 aromatic rings. The van der Waals surface area contributed by atoms with Crippen LogP contribution in [0.15, 0.2) is 48.0 Å². The Balaban J connectivity index is 1.36. The summed E-state index contributed by atoms with van der Waals surface area (Å²) in [7, 11) is 0. The Bertz CT molecular complexity index is 936. The summed E-state index contributed by atoms with van der Waals surface area (Å²) in [5, 5.41) is 10.1. The molecule has 1 saturated heterocycles. The van der Waals surface area contributed by atoms with Crippen LogP contribution < -0.4 is 16.0 Å². The van der Waals surface area contributed by atoms with Gasteiger partial charge in [-0.3, -0.25) is 9.69 Å². The quantitative estimate of drug-likeness (QED) is 0.674. The van der Waals surface area contributed by atoms with Crippen LogP contribution in [0.1, 0.15) is 43.4 Å². The van der Waals surface area contributed by atoms with Crippen molar-refractivity contribution in [3.05, 3.63) is 64.7 Å². The van der Waals surface area contributed by atoms with Crippen molar-refractivity contribution < 1.29 is 4.79 Å². The largest absolute Gasteiger partial charge is 0.381 e.